The van der Waals surface area contributed by atoms with E-state index in [-0.39, 0.29) is 11.5 Å². The third-order valence-electron chi connectivity index (χ3n) is 1.80. The van der Waals surface area contributed by atoms with Crippen molar-refractivity contribution < 1.29 is 19.4 Å². The molecule has 0 saturated carbocycles. The van der Waals surface area contributed by atoms with Crippen molar-refractivity contribution in [2.45, 2.75) is 20.8 Å². The second kappa shape index (κ2) is 6.18. The molecule has 1 unspecified atom stereocenters. The van der Waals surface area contributed by atoms with Crippen molar-refractivity contribution in [3.05, 3.63) is 11.8 Å². The Balaban J connectivity index is 4.76. The number of aldehydes is 1. The van der Waals surface area contributed by atoms with E-state index >= 15 is 0 Å². The van der Waals surface area contributed by atoms with Crippen molar-refractivity contribution in [1.82, 2.24) is 0 Å². The van der Waals surface area contributed by atoms with E-state index in [0.29, 0.717) is 12.9 Å². The molecular formula is C10H15O4-. The van der Waals surface area contributed by atoms with Crippen LogP contribution in [0.3, 0.4) is 0 Å². The molecule has 0 amide bonds. The highest BCUT2D eigenvalue weighted by Gasteiger charge is 2.19. The monoisotopic (exact) mass is 199 g/mol. The van der Waals surface area contributed by atoms with Gasteiger partial charge in [0.2, 0.25) is 0 Å². The fourth-order valence-electron chi connectivity index (χ4n) is 1.15. The number of carboxylic acid groups (broad SMARTS) is 1. The van der Waals surface area contributed by atoms with Crippen LogP contribution in [0.2, 0.25) is 0 Å². The van der Waals surface area contributed by atoms with Gasteiger partial charge in [0.15, 0.2) is 0 Å². The predicted molar refractivity (Wildman–Crippen MR) is 49.1 cm³/mol. The summed E-state index contributed by atoms with van der Waals surface area (Å²) < 4.78 is 4.88. The summed E-state index contributed by atoms with van der Waals surface area (Å²) in [6.45, 7) is 5.57. The fraction of sp³-hybridized carbons (Fsp3) is 0.600. The minimum atomic E-state index is -1.25. The lowest BCUT2D eigenvalue weighted by Crippen LogP contribution is -2.36. The minimum absolute atomic E-state index is 0.113. The number of carboxylic acids is 1. The van der Waals surface area contributed by atoms with Crippen LogP contribution in [0.1, 0.15) is 20.8 Å². The first kappa shape index (κ1) is 12.7. The van der Waals surface area contributed by atoms with Crippen molar-refractivity contribution in [2.24, 2.45) is 11.8 Å². The lowest BCUT2D eigenvalue weighted by atomic mass is 9.89. The number of hydrogen-bond acceptors (Lipinski definition) is 4. The highest BCUT2D eigenvalue weighted by atomic mass is 16.5. The highest BCUT2D eigenvalue weighted by Crippen LogP contribution is 2.18. The molecule has 0 rings (SSSR count). The summed E-state index contributed by atoms with van der Waals surface area (Å²) in [6.07, 6.45) is 1.68. The van der Waals surface area contributed by atoms with E-state index in [2.05, 4.69) is 0 Å². The van der Waals surface area contributed by atoms with Gasteiger partial charge in [-0.2, -0.15) is 0 Å². The van der Waals surface area contributed by atoms with Crippen LogP contribution in [-0.4, -0.2) is 18.9 Å². The van der Waals surface area contributed by atoms with Gasteiger partial charge in [-0.1, -0.05) is 13.8 Å². The van der Waals surface area contributed by atoms with Crippen LogP contribution in [0, 0.1) is 11.8 Å². The predicted octanol–water partition coefficient (Wildman–Crippen LogP) is 0.128. The third kappa shape index (κ3) is 3.60. The molecule has 0 spiro atoms. The Morgan fingerprint density at radius 3 is 2.36 bits per heavy atom. The lowest BCUT2D eigenvalue weighted by molar-refractivity contribution is -0.311. The van der Waals surface area contributed by atoms with Gasteiger partial charge in [0.1, 0.15) is 6.29 Å². The van der Waals surface area contributed by atoms with Crippen molar-refractivity contribution >= 4 is 12.3 Å². The summed E-state index contributed by atoms with van der Waals surface area (Å²) >= 11 is 0. The number of carbonyl (C=O) groups is 2. The van der Waals surface area contributed by atoms with Crippen molar-refractivity contribution in [3.8, 4) is 0 Å². The topological polar surface area (TPSA) is 66.4 Å². The Bertz CT molecular complexity index is 230. The van der Waals surface area contributed by atoms with Gasteiger partial charge in [0, 0.05) is 17.5 Å². The van der Waals surface area contributed by atoms with E-state index < -0.39 is 11.9 Å². The molecule has 0 saturated heterocycles. The van der Waals surface area contributed by atoms with Crippen molar-refractivity contribution in [3.63, 3.8) is 0 Å². The van der Waals surface area contributed by atoms with Gasteiger partial charge in [-0.15, -0.1) is 0 Å². The standard InChI is InChI=1S/C10H16O4/c1-4-14-6-8(5-11)9(7(2)3)10(12)13/h5-7,9H,4H2,1-3H3,(H,12,13)/p-1/b8-6+. The van der Waals surface area contributed by atoms with Crippen molar-refractivity contribution in [1.29, 1.82) is 0 Å². The molecular weight excluding hydrogens is 184 g/mol. The molecule has 0 bridgehead atoms. The van der Waals surface area contributed by atoms with Crippen LogP contribution in [-0.2, 0) is 14.3 Å². The van der Waals surface area contributed by atoms with Crippen LogP contribution < -0.4 is 5.11 Å². The Labute approximate surface area is 83.6 Å². The fourth-order valence-corrected chi connectivity index (χ4v) is 1.15. The molecule has 0 aliphatic rings. The van der Waals surface area contributed by atoms with Gasteiger partial charge in [-0.05, 0) is 12.8 Å². The van der Waals surface area contributed by atoms with Crippen molar-refractivity contribution in [2.75, 3.05) is 6.61 Å². The zero-order chi connectivity index (χ0) is 11.1. The van der Waals surface area contributed by atoms with Gasteiger partial charge in [-0.25, -0.2) is 0 Å². The first-order chi connectivity index (χ1) is 6.54. The Morgan fingerprint density at radius 2 is 2.07 bits per heavy atom. The van der Waals surface area contributed by atoms with E-state index in [4.69, 9.17) is 4.74 Å². The number of hydrogen-bond donors (Lipinski definition) is 0. The first-order valence-electron chi connectivity index (χ1n) is 4.52. The second-order valence-corrected chi connectivity index (χ2v) is 3.23. The van der Waals surface area contributed by atoms with Gasteiger partial charge in [0.05, 0.1) is 12.9 Å². The van der Waals surface area contributed by atoms with E-state index in [1.807, 2.05) is 0 Å². The molecule has 0 N–H and O–H groups in total. The summed E-state index contributed by atoms with van der Waals surface area (Å²) in [7, 11) is 0. The molecule has 0 aromatic rings. The SMILES string of the molecule is CCO/C=C(\C=O)C(C(=O)[O-])C(C)C. The minimum Gasteiger partial charge on any atom is -0.549 e. The zero-order valence-corrected chi connectivity index (χ0v) is 8.65. The number of aliphatic carboxylic acids is 1. The maximum atomic E-state index is 10.7. The molecule has 4 nitrogen and oxygen atoms in total. The molecule has 80 valence electrons. The average Bonchev–Trinajstić information content (AvgIpc) is 2.10. The molecule has 0 fully saturated rings. The summed E-state index contributed by atoms with van der Waals surface area (Å²) in [5.41, 5.74) is 0.113. The van der Waals surface area contributed by atoms with E-state index in [0.717, 1.165) is 0 Å². The van der Waals surface area contributed by atoms with Gasteiger partial charge in [0.25, 0.3) is 0 Å². The normalized spacial score (nSPS) is 13.9. The molecule has 0 aromatic carbocycles. The van der Waals surface area contributed by atoms with Gasteiger partial charge < -0.3 is 14.6 Å². The smallest absolute Gasteiger partial charge is 0.149 e. The van der Waals surface area contributed by atoms with Gasteiger partial charge >= 0.3 is 0 Å². The van der Waals surface area contributed by atoms with Crippen LogP contribution >= 0.6 is 0 Å². The zero-order valence-electron chi connectivity index (χ0n) is 8.65. The summed E-state index contributed by atoms with van der Waals surface area (Å²) in [5.74, 6) is -2.35. The summed E-state index contributed by atoms with van der Waals surface area (Å²) in [4.78, 5) is 21.4. The van der Waals surface area contributed by atoms with Crippen LogP contribution in [0.15, 0.2) is 11.8 Å². The van der Waals surface area contributed by atoms with E-state index in [9.17, 15) is 14.7 Å². The maximum Gasteiger partial charge on any atom is 0.149 e. The molecule has 0 aliphatic carbocycles. The molecule has 0 heterocycles. The van der Waals surface area contributed by atoms with Crippen LogP contribution in [0.25, 0.3) is 0 Å². The first-order valence-corrected chi connectivity index (χ1v) is 4.52. The quantitative estimate of drug-likeness (QED) is 0.346. The summed E-state index contributed by atoms with van der Waals surface area (Å²) in [5, 5.41) is 10.7. The summed E-state index contributed by atoms with van der Waals surface area (Å²) in [6, 6.07) is 0. The average molecular weight is 199 g/mol. The molecule has 0 radical (unpaired) electrons. The Kier molecular flexibility index (Phi) is 5.60. The Morgan fingerprint density at radius 1 is 1.50 bits per heavy atom. The van der Waals surface area contributed by atoms with E-state index in [1.54, 1.807) is 20.8 Å². The van der Waals surface area contributed by atoms with E-state index in [1.165, 1.54) is 6.26 Å². The lowest BCUT2D eigenvalue weighted by Gasteiger charge is -2.21. The largest absolute Gasteiger partial charge is 0.549 e. The number of ether oxygens (including phenoxy) is 1. The van der Waals surface area contributed by atoms with Crippen LogP contribution in [0.4, 0.5) is 0 Å². The second-order valence-electron chi connectivity index (χ2n) is 3.23. The third-order valence-corrected chi connectivity index (χ3v) is 1.80. The molecule has 1 atom stereocenters. The Hall–Kier alpha value is -1.32. The molecule has 0 aliphatic heterocycles. The number of rotatable bonds is 6. The van der Waals surface area contributed by atoms with Crippen LogP contribution in [0.5, 0.6) is 0 Å². The molecule has 4 heteroatoms. The van der Waals surface area contributed by atoms with Gasteiger partial charge in [-0.3, -0.25) is 4.79 Å². The number of carbonyl (C=O) groups excluding carboxylic acids is 2. The highest BCUT2D eigenvalue weighted by molar-refractivity contribution is 5.85. The maximum absolute atomic E-state index is 10.7. The molecule has 0 aromatic heterocycles. The molecule has 14 heavy (non-hydrogen) atoms.